The number of ether oxygens (including phenoxy) is 11. The van der Waals surface area contributed by atoms with E-state index in [0.29, 0.717) is 130 Å². The SMILES string of the molecule is COc1ccc(CSCCOCCOCCOc2ccc3[nH]cc(CCN)c3c2)cc1.COc1ccc(CSCCOCCOCCOc2ccc3[nH]cc(CCN4C(=O)c5ccccc5C4=O)c3c2)cc1.NCCc1c[nH]c2ccc(OCCOCCOCCS)cc12. The summed E-state index contributed by atoms with van der Waals surface area (Å²) >= 11 is 7.76. The molecule has 1 aliphatic heterocycles. The molecule has 94 heavy (non-hydrogen) atoms. The molecule has 0 saturated heterocycles. The van der Waals surface area contributed by atoms with E-state index in [9.17, 15) is 9.59 Å². The molecule has 0 unspecified atom stereocenters. The van der Waals surface area contributed by atoms with E-state index in [1.807, 2.05) is 115 Å². The van der Waals surface area contributed by atoms with Gasteiger partial charge < -0.3 is 78.5 Å². The molecule has 2 amide bonds. The van der Waals surface area contributed by atoms with Crippen LogP contribution in [-0.4, -0.2) is 182 Å². The van der Waals surface area contributed by atoms with Crippen molar-refractivity contribution in [1.29, 1.82) is 0 Å². The molecule has 7 N–H and O–H groups in total. The van der Waals surface area contributed by atoms with Crippen LogP contribution in [0.25, 0.3) is 32.7 Å². The maximum Gasteiger partial charge on any atom is 0.261 e. The normalized spacial score (nSPS) is 11.9. The average Bonchev–Trinajstić information content (AvgIpc) is 1.65. The minimum Gasteiger partial charge on any atom is -0.497 e. The summed E-state index contributed by atoms with van der Waals surface area (Å²) in [6.45, 7) is 10.1. The first-order valence-electron chi connectivity index (χ1n) is 31.8. The number of nitrogens with two attached hydrogens (primary N) is 2. The van der Waals surface area contributed by atoms with Gasteiger partial charge in [0, 0.05) is 86.6 Å². The fourth-order valence-electron chi connectivity index (χ4n) is 10.1. The van der Waals surface area contributed by atoms with E-state index >= 15 is 0 Å². The lowest BCUT2D eigenvalue weighted by molar-refractivity contribution is 0.0412. The molecule has 4 heterocycles. The average molecular weight is 1340 g/mol. The summed E-state index contributed by atoms with van der Waals surface area (Å²) in [6, 6.07) is 41.2. The van der Waals surface area contributed by atoms with Crippen LogP contribution in [0.15, 0.2) is 146 Å². The van der Waals surface area contributed by atoms with E-state index in [-0.39, 0.29) is 11.8 Å². The van der Waals surface area contributed by atoms with Crippen LogP contribution in [0.5, 0.6) is 28.7 Å². The number of hydrogen-bond donors (Lipinski definition) is 6. The maximum absolute atomic E-state index is 12.7. The fourth-order valence-corrected chi connectivity index (χ4v) is 11.8. The van der Waals surface area contributed by atoms with Crippen molar-refractivity contribution < 1.29 is 61.7 Å². The molecule has 9 aromatic rings. The predicted molar refractivity (Wildman–Crippen MR) is 379 cm³/mol. The first-order valence-corrected chi connectivity index (χ1v) is 34.8. The monoisotopic (exact) mass is 1340 g/mol. The van der Waals surface area contributed by atoms with Gasteiger partial charge in [-0.2, -0.15) is 36.2 Å². The van der Waals surface area contributed by atoms with Crippen LogP contribution >= 0.6 is 36.2 Å². The number of benzene rings is 6. The van der Waals surface area contributed by atoms with Crippen molar-refractivity contribution in [2.45, 2.75) is 30.8 Å². The Balaban J connectivity index is 0.000000190. The largest absolute Gasteiger partial charge is 0.497 e. The molecule has 1 aliphatic rings. The number of rotatable bonds is 42. The molecule has 0 bridgehead atoms. The second-order valence-electron chi connectivity index (χ2n) is 21.4. The molecular weight excluding hydrogens is 1250 g/mol. The lowest BCUT2D eigenvalue weighted by atomic mass is 10.1. The van der Waals surface area contributed by atoms with Gasteiger partial charge in [0.25, 0.3) is 11.8 Å². The number of thiol groups is 1. The Kier molecular flexibility index (Phi) is 32.1. The Bertz CT molecular complexity index is 3610. The maximum atomic E-state index is 12.7. The highest BCUT2D eigenvalue weighted by Crippen LogP contribution is 2.29. The van der Waals surface area contributed by atoms with Crippen molar-refractivity contribution in [3.8, 4) is 28.7 Å². The van der Waals surface area contributed by atoms with Crippen LogP contribution in [0.2, 0.25) is 0 Å². The Hall–Kier alpha value is -7.19. The zero-order valence-corrected chi connectivity index (χ0v) is 56.4. The highest BCUT2D eigenvalue weighted by Gasteiger charge is 2.34. The third-order valence-electron chi connectivity index (χ3n) is 15.0. The van der Waals surface area contributed by atoms with E-state index in [2.05, 4.69) is 57.9 Å². The quantitative estimate of drug-likeness (QED) is 0.0118. The number of carbonyl (C=O) groups is 2. The van der Waals surface area contributed by atoms with Crippen LogP contribution in [0.3, 0.4) is 0 Å². The number of fused-ring (bicyclic) bond motifs is 4. The molecule has 0 aliphatic carbocycles. The molecule has 22 heteroatoms. The zero-order valence-electron chi connectivity index (χ0n) is 53.9. The number of aromatic nitrogens is 3. The molecule has 0 saturated carbocycles. The number of imide groups is 1. The van der Waals surface area contributed by atoms with Gasteiger partial charge in [-0.15, -0.1) is 0 Å². The van der Waals surface area contributed by atoms with Gasteiger partial charge in [0.2, 0.25) is 0 Å². The summed E-state index contributed by atoms with van der Waals surface area (Å²) in [5, 5.41) is 3.35. The highest BCUT2D eigenvalue weighted by molar-refractivity contribution is 7.98. The fraction of sp³-hybridized carbons (Fsp3) is 0.389. The van der Waals surface area contributed by atoms with Gasteiger partial charge in [-0.3, -0.25) is 14.5 Å². The molecule has 0 spiro atoms. The van der Waals surface area contributed by atoms with Gasteiger partial charge in [0.15, 0.2) is 0 Å². The molecule has 504 valence electrons. The predicted octanol–water partition coefficient (Wildman–Crippen LogP) is 11.4. The summed E-state index contributed by atoms with van der Waals surface area (Å²) in [5.41, 5.74) is 21.5. The molecule has 0 fully saturated rings. The Labute approximate surface area is 565 Å². The standard InChI is InChI=1S/C32H34N2O6S.C24H32N2O4S.C16H24N2O3S/c1-37-25-8-6-23(7-9-25)22-41-19-18-39-15-14-38-16-17-40-26-10-11-30-29(20-26)24(21-33-30)12-13-34-31(35)27-4-2-3-5-28(27)32(34)36;1-27-21-4-2-19(3-5-21)18-31-15-14-29-11-10-28-12-13-30-22-6-7-24-23(16-22)20(8-9-25)17-26-24;17-4-3-13-12-18-16-2-1-14(11-15(13)16)21-8-7-19-5-6-20-9-10-22/h2-11,20-21,33H,12-19,22H2,1H3;2-7,16-17,26H,8-15,18,25H2,1H3;1-2,11-12,18,22H,3-10,17H2. The number of carbonyl (C=O) groups excluding carboxylic acids is 2. The van der Waals surface area contributed by atoms with Crippen molar-refractivity contribution in [3.05, 3.63) is 185 Å². The summed E-state index contributed by atoms with van der Waals surface area (Å²) in [7, 11) is 3.35. The van der Waals surface area contributed by atoms with Crippen molar-refractivity contribution >= 4 is 80.7 Å². The number of H-pyrrole nitrogens is 3. The third kappa shape index (κ3) is 23.6. The minimum atomic E-state index is -0.233. The Morgan fingerprint density at radius 1 is 0.415 bits per heavy atom. The second kappa shape index (κ2) is 41.6. The third-order valence-corrected chi connectivity index (χ3v) is 17.1. The van der Waals surface area contributed by atoms with E-state index < -0.39 is 0 Å². The summed E-state index contributed by atoms with van der Waals surface area (Å²) in [5.74, 6) is 8.28. The van der Waals surface area contributed by atoms with Gasteiger partial charge in [-0.05, 0) is 151 Å². The van der Waals surface area contributed by atoms with Crippen molar-refractivity contribution in [3.63, 3.8) is 0 Å². The number of aromatic amines is 3. The van der Waals surface area contributed by atoms with Crippen LogP contribution in [0, 0.1) is 0 Å². The van der Waals surface area contributed by atoms with Crippen LogP contribution in [0.1, 0.15) is 48.5 Å². The first kappa shape index (κ1) is 72.6. The Morgan fingerprint density at radius 2 is 0.755 bits per heavy atom. The van der Waals surface area contributed by atoms with Crippen LogP contribution in [0.4, 0.5) is 0 Å². The second-order valence-corrected chi connectivity index (χ2v) is 24.1. The molecule has 3 aromatic heterocycles. The van der Waals surface area contributed by atoms with Gasteiger partial charge in [-0.25, -0.2) is 0 Å². The van der Waals surface area contributed by atoms with Gasteiger partial charge in [-0.1, -0.05) is 36.4 Å². The lowest BCUT2D eigenvalue weighted by Gasteiger charge is -2.13. The van der Waals surface area contributed by atoms with E-state index in [0.717, 1.165) is 104 Å². The molecule has 0 atom stereocenters. The molecule has 19 nitrogen and oxygen atoms in total. The number of hydrogen-bond acceptors (Lipinski definition) is 18. The van der Waals surface area contributed by atoms with Crippen LogP contribution in [-0.2, 0) is 59.2 Å². The molecule has 0 radical (unpaired) electrons. The topological polar surface area (TPSA) is 238 Å². The Morgan fingerprint density at radius 3 is 1.12 bits per heavy atom. The minimum absolute atomic E-state index is 0.233. The smallest absolute Gasteiger partial charge is 0.261 e. The van der Waals surface area contributed by atoms with Crippen molar-refractivity contribution in [2.75, 3.05) is 150 Å². The summed E-state index contributed by atoms with van der Waals surface area (Å²) in [4.78, 5) is 36.5. The number of thioether (sulfide) groups is 2. The number of methoxy groups -OCH3 is 2. The van der Waals surface area contributed by atoms with Gasteiger partial charge >= 0.3 is 0 Å². The number of nitrogens with zero attached hydrogens (tertiary/aromatic N) is 1. The van der Waals surface area contributed by atoms with E-state index in [1.54, 1.807) is 38.5 Å². The van der Waals surface area contributed by atoms with Gasteiger partial charge in [0.1, 0.15) is 48.6 Å². The summed E-state index contributed by atoms with van der Waals surface area (Å²) < 4.78 is 61.0. The number of amides is 2. The van der Waals surface area contributed by atoms with Crippen LogP contribution < -0.4 is 35.2 Å². The molecule has 10 rings (SSSR count). The zero-order chi connectivity index (χ0) is 65.8. The van der Waals surface area contributed by atoms with Gasteiger partial charge in [0.05, 0.1) is 105 Å². The number of nitrogens with one attached hydrogen (secondary N) is 3. The highest BCUT2D eigenvalue weighted by atomic mass is 32.2. The summed E-state index contributed by atoms with van der Waals surface area (Å²) in [6.07, 6.45) is 8.22. The lowest BCUT2D eigenvalue weighted by Crippen LogP contribution is -2.31. The van der Waals surface area contributed by atoms with E-state index in [4.69, 9.17) is 63.6 Å². The van der Waals surface area contributed by atoms with Crippen molar-refractivity contribution in [1.82, 2.24) is 19.9 Å². The van der Waals surface area contributed by atoms with E-state index in [1.165, 1.54) is 37.9 Å². The first-order chi connectivity index (χ1) is 46.3. The molecule has 6 aromatic carbocycles. The molecular formula is C72H90N6O13S3. The van der Waals surface area contributed by atoms with Crippen molar-refractivity contribution in [2.24, 2.45) is 11.5 Å².